The fourth-order valence-electron chi connectivity index (χ4n) is 1.17. The lowest BCUT2D eigenvalue weighted by Gasteiger charge is -2.16. The van der Waals surface area contributed by atoms with Gasteiger partial charge in [-0.15, -0.1) is 0 Å². The summed E-state index contributed by atoms with van der Waals surface area (Å²) in [7, 11) is 0. The minimum Gasteiger partial charge on any atom is -0.490 e. The molecule has 0 aromatic heterocycles. The van der Waals surface area contributed by atoms with Crippen LogP contribution < -0.4 is 10.1 Å². The van der Waals surface area contributed by atoms with E-state index in [-0.39, 0.29) is 13.2 Å². The number of carbonyl (C=O) groups is 1. The van der Waals surface area contributed by atoms with E-state index in [2.05, 4.69) is 5.32 Å². The Labute approximate surface area is 100 Å². The SMILES string of the molecule is CCNC(=O)OC(CO)COc1ccccc1. The van der Waals surface area contributed by atoms with Crippen molar-refractivity contribution in [1.82, 2.24) is 5.32 Å². The molecule has 0 radical (unpaired) electrons. The molecule has 1 unspecified atom stereocenters. The van der Waals surface area contributed by atoms with E-state index in [4.69, 9.17) is 14.6 Å². The Morgan fingerprint density at radius 1 is 1.41 bits per heavy atom. The van der Waals surface area contributed by atoms with E-state index in [1.54, 1.807) is 19.1 Å². The molecule has 1 atom stereocenters. The summed E-state index contributed by atoms with van der Waals surface area (Å²) in [6.45, 7) is 2.12. The molecule has 5 nitrogen and oxygen atoms in total. The highest BCUT2D eigenvalue weighted by atomic mass is 16.6. The molecule has 1 amide bonds. The highest BCUT2D eigenvalue weighted by Crippen LogP contribution is 2.09. The molecule has 0 spiro atoms. The van der Waals surface area contributed by atoms with E-state index >= 15 is 0 Å². The maximum Gasteiger partial charge on any atom is 0.407 e. The Hall–Kier alpha value is -1.75. The van der Waals surface area contributed by atoms with Crippen LogP contribution in [-0.2, 0) is 4.74 Å². The molecule has 94 valence electrons. The number of ether oxygens (including phenoxy) is 2. The van der Waals surface area contributed by atoms with E-state index < -0.39 is 12.2 Å². The molecular weight excluding hydrogens is 222 g/mol. The van der Waals surface area contributed by atoms with Crippen LogP contribution in [0.3, 0.4) is 0 Å². The summed E-state index contributed by atoms with van der Waals surface area (Å²) in [6.07, 6.45) is -1.22. The van der Waals surface area contributed by atoms with E-state index in [1.165, 1.54) is 0 Å². The maximum atomic E-state index is 11.1. The number of hydrogen-bond acceptors (Lipinski definition) is 4. The van der Waals surface area contributed by atoms with Gasteiger partial charge in [0.2, 0.25) is 0 Å². The first-order valence-electron chi connectivity index (χ1n) is 5.49. The second kappa shape index (κ2) is 7.51. The summed E-state index contributed by atoms with van der Waals surface area (Å²) in [5.74, 6) is 0.672. The Bertz CT molecular complexity index is 329. The van der Waals surface area contributed by atoms with Crippen LogP contribution in [0, 0.1) is 0 Å². The number of aliphatic hydroxyl groups is 1. The minimum absolute atomic E-state index is 0.123. The largest absolute Gasteiger partial charge is 0.490 e. The van der Waals surface area contributed by atoms with Gasteiger partial charge in [-0.25, -0.2) is 4.79 Å². The lowest BCUT2D eigenvalue weighted by Crippen LogP contribution is -2.34. The molecule has 1 aromatic rings. The Morgan fingerprint density at radius 3 is 2.71 bits per heavy atom. The van der Waals surface area contributed by atoms with Crippen molar-refractivity contribution in [3.63, 3.8) is 0 Å². The lowest BCUT2D eigenvalue weighted by atomic mass is 10.3. The topological polar surface area (TPSA) is 67.8 Å². The first-order valence-corrected chi connectivity index (χ1v) is 5.49. The summed E-state index contributed by atoms with van der Waals surface area (Å²) in [4.78, 5) is 11.1. The molecule has 0 saturated heterocycles. The maximum absolute atomic E-state index is 11.1. The van der Waals surface area contributed by atoms with Gasteiger partial charge in [-0.05, 0) is 19.1 Å². The zero-order valence-electron chi connectivity index (χ0n) is 9.76. The van der Waals surface area contributed by atoms with E-state index in [0.29, 0.717) is 12.3 Å². The third kappa shape index (κ3) is 5.21. The fourth-order valence-corrected chi connectivity index (χ4v) is 1.17. The van der Waals surface area contributed by atoms with Crippen molar-refractivity contribution in [3.8, 4) is 5.75 Å². The molecule has 2 N–H and O–H groups in total. The van der Waals surface area contributed by atoms with E-state index in [0.717, 1.165) is 0 Å². The van der Waals surface area contributed by atoms with Crippen LogP contribution in [0.15, 0.2) is 30.3 Å². The van der Waals surface area contributed by atoms with Gasteiger partial charge in [-0.3, -0.25) is 0 Å². The van der Waals surface area contributed by atoms with Crippen molar-refractivity contribution in [1.29, 1.82) is 0 Å². The van der Waals surface area contributed by atoms with Crippen molar-refractivity contribution in [2.75, 3.05) is 19.8 Å². The summed E-state index contributed by atoms with van der Waals surface area (Å²) < 4.78 is 10.3. The van der Waals surface area contributed by atoms with Crippen molar-refractivity contribution < 1.29 is 19.4 Å². The molecule has 0 bridgehead atoms. The van der Waals surface area contributed by atoms with Gasteiger partial charge in [0.05, 0.1) is 6.61 Å². The quantitative estimate of drug-likeness (QED) is 0.782. The normalized spacial score (nSPS) is 11.6. The molecular formula is C12H17NO4. The fraction of sp³-hybridized carbons (Fsp3) is 0.417. The molecule has 0 aliphatic carbocycles. The third-order valence-electron chi connectivity index (χ3n) is 1.98. The second-order valence-electron chi connectivity index (χ2n) is 3.36. The number of aliphatic hydroxyl groups excluding tert-OH is 1. The number of amides is 1. The first kappa shape index (κ1) is 13.3. The van der Waals surface area contributed by atoms with Crippen LogP contribution in [-0.4, -0.2) is 37.1 Å². The number of para-hydroxylation sites is 1. The third-order valence-corrected chi connectivity index (χ3v) is 1.98. The van der Waals surface area contributed by atoms with Crippen LogP contribution in [0.1, 0.15) is 6.92 Å². The lowest BCUT2D eigenvalue weighted by molar-refractivity contribution is 0.0291. The number of hydrogen-bond donors (Lipinski definition) is 2. The molecule has 17 heavy (non-hydrogen) atoms. The van der Waals surface area contributed by atoms with Crippen LogP contribution in [0.25, 0.3) is 0 Å². The predicted molar refractivity (Wildman–Crippen MR) is 63.0 cm³/mol. The summed E-state index contributed by atoms with van der Waals surface area (Å²) >= 11 is 0. The van der Waals surface area contributed by atoms with Gasteiger partial charge in [-0.2, -0.15) is 0 Å². The monoisotopic (exact) mass is 239 g/mol. The molecule has 0 aliphatic heterocycles. The van der Waals surface area contributed by atoms with Crippen molar-refractivity contribution in [3.05, 3.63) is 30.3 Å². The average Bonchev–Trinajstić information content (AvgIpc) is 2.36. The highest BCUT2D eigenvalue weighted by molar-refractivity contribution is 5.67. The Balaban J connectivity index is 2.34. The zero-order chi connectivity index (χ0) is 12.5. The van der Waals surface area contributed by atoms with Gasteiger partial charge >= 0.3 is 6.09 Å². The molecule has 0 fully saturated rings. The summed E-state index contributed by atoms with van der Waals surface area (Å²) in [6, 6.07) is 9.14. The van der Waals surface area contributed by atoms with Gasteiger partial charge in [0.25, 0.3) is 0 Å². The van der Waals surface area contributed by atoms with Gasteiger partial charge in [0, 0.05) is 6.54 Å². The zero-order valence-corrected chi connectivity index (χ0v) is 9.76. The Kier molecular flexibility index (Phi) is 5.88. The van der Waals surface area contributed by atoms with Gasteiger partial charge < -0.3 is 19.9 Å². The highest BCUT2D eigenvalue weighted by Gasteiger charge is 2.13. The van der Waals surface area contributed by atoms with Crippen LogP contribution in [0.5, 0.6) is 5.75 Å². The molecule has 1 rings (SSSR count). The summed E-state index contributed by atoms with van der Waals surface area (Å²) in [5.41, 5.74) is 0. The number of nitrogens with one attached hydrogen (secondary N) is 1. The van der Waals surface area contributed by atoms with Crippen LogP contribution in [0.4, 0.5) is 4.79 Å². The molecule has 0 saturated carbocycles. The second-order valence-corrected chi connectivity index (χ2v) is 3.36. The van der Waals surface area contributed by atoms with Gasteiger partial charge in [0.1, 0.15) is 12.4 Å². The van der Waals surface area contributed by atoms with Gasteiger partial charge in [-0.1, -0.05) is 18.2 Å². The predicted octanol–water partition coefficient (Wildman–Crippen LogP) is 1.17. The number of alkyl carbamates (subject to hydrolysis) is 1. The average molecular weight is 239 g/mol. The summed E-state index contributed by atoms with van der Waals surface area (Å²) in [5, 5.41) is 11.5. The molecule has 0 aliphatic rings. The molecule has 0 heterocycles. The van der Waals surface area contributed by atoms with E-state index in [1.807, 2.05) is 18.2 Å². The number of rotatable bonds is 6. The smallest absolute Gasteiger partial charge is 0.407 e. The Morgan fingerprint density at radius 2 is 2.12 bits per heavy atom. The number of benzene rings is 1. The van der Waals surface area contributed by atoms with Crippen molar-refractivity contribution in [2.45, 2.75) is 13.0 Å². The molecule has 1 aromatic carbocycles. The first-order chi connectivity index (χ1) is 8.26. The minimum atomic E-state index is -0.665. The van der Waals surface area contributed by atoms with E-state index in [9.17, 15) is 4.79 Å². The molecule has 5 heteroatoms. The standard InChI is InChI=1S/C12H17NO4/c1-2-13-12(15)17-11(8-14)9-16-10-6-4-3-5-7-10/h3-7,11,14H,2,8-9H2,1H3,(H,13,15). The van der Waals surface area contributed by atoms with Crippen molar-refractivity contribution in [2.24, 2.45) is 0 Å². The van der Waals surface area contributed by atoms with Crippen LogP contribution >= 0.6 is 0 Å². The van der Waals surface area contributed by atoms with Gasteiger partial charge in [0.15, 0.2) is 6.10 Å². The van der Waals surface area contributed by atoms with Crippen LogP contribution in [0.2, 0.25) is 0 Å². The number of carbonyl (C=O) groups excluding carboxylic acids is 1. The van der Waals surface area contributed by atoms with Crippen molar-refractivity contribution >= 4 is 6.09 Å².